The largest absolute Gasteiger partial charge is 0.529 e. The number of hydrogen-bond donors (Lipinski definition) is 3. The van der Waals surface area contributed by atoms with Crippen molar-refractivity contribution >= 4 is 31.4 Å². The first-order valence-electron chi connectivity index (χ1n) is 9.30. The van der Waals surface area contributed by atoms with Crippen molar-refractivity contribution in [2.24, 2.45) is 0 Å². The third-order valence-corrected chi connectivity index (χ3v) is 6.85. The molecule has 0 bridgehead atoms. The summed E-state index contributed by atoms with van der Waals surface area (Å²) >= 11 is 0. The summed E-state index contributed by atoms with van der Waals surface area (Å²) in [5, 5.41) is 18.7. The molecule has 0 aliphatic carbocycles. The number of aromatic nitrogens is 2. The predicted octanol–water partition coefficient (Wildman–Crippen LogP) is -1.45. The number of aliphatic hydroxyl groups is 2. The van der Waals surface area contributed by atoms with Crippen LogP contribution in [0.5, 0.6) is 5.75 Å². The van der Waals surface area contributed by atoms with Gasteiger partial charge in [-0.05, 0) is 13.0 Å². The molecule has 1 saturated heterocycles. The summed E-state index contributed by atoms with van der Waals surface area (Å²) in [6.07, 6.45) is -2.99. The zero-order valence-electron chi connectivity index (χ0n) is 16.7. The van der Waals surface area contributed by atoms with Crippen molar-refractivity contribution in [1.82, 2.24) is 9.55 Å². The van der Waals surface area contributed by atoms with Gasteiger partial charge in [0.15, 0.2) is 0 Å². The first-order chi connectivity index (χ1) is 14.8. The van der Waals surface area contributed by atoms with Crippen LogP contribution in [0.2, 0.25) is 0 Å². The third kappa shape index (κ3) is 3.51. The van der Waals surface area contributed by atoms with Gasteiger partial charge in [-0.1, -0.05) is 18.2 Å². The van der Waals surface area contributed by atoms with Gasteiger partial charge in [-0.25, -0.2) is 9.36 Å². The highest BCUT2D eigenvalue weighted by Gasteiger charge is 2.65. The number of para-hydroxylation sites is 1. The van der Waals surface area contributed by atoms with E-state index in [1.54, 1.807) is 18.2 Å². The van der Waals surface area contributed by atoms with Crippen LogP contribution in [0, 0.1) is 0 Å². The van der Waals surface area contributed by atoms with Crippen molar-refractivity contribution < 1.29 is 33.1 Å². The summed E-state index contributed by atoms with van der Waals surface area (Å²) in [4.78, 5) is 25.5. The molecule has 4 rings (SSSR count). The molecule has 1 unspecified atom stereocenters. The lowest BCUT2D eigenvalue weighted by molar-refractivity contribution is -0.160. The number of aromatic amines is 1. The molecule has 3 N–H and O–H groups in total. The second kappa shape index (κ2) is 7.48. The maximum absolute atomic E-state index is 13.1. The van der Waals surface area contributed by atoms with E-state index in [0.717, 1.165) is 19.2 Å². The van der Waals surface area contributed by atoms with E-state index in [-0.39, 0.29) is 12.4 Å². The molecule has 11 nitrogen and oxygen atoms in total. The van der Waals surface area contributed by atoms with E-state index in [1.165, 1.54) is 6.07 Å². The number of aliphatic hydroxyl groups excluding tert-OH is 2. The van der Waals surface area contributed by atoms with Gasteiger partial charge in [0.2, 0.25) is 0 Å². The van der Waals surface area contributed by atoms with E-state index in [9.17, 15) is 24.4 Å². The molecule has 15 heteroatoms. The molecule has 0 saturated carbocycles. The maximum atomic E-state index is 13.1. The fraction of sp³-hybridized carbons (Fsp3) is 0.412. The molecule has 1 aromatic carbocycles. The Morgan fingerprint density at radius 1 is 1.25 bits per heavy atom. The highest BCUT2D eigenvalue weighted by atomic mass is 31.2. The molecular weight excluding hydrogens is 440 g/mol. The maximum Gasteiger partial charge on any atom is 0.529 e. The summed E-state index contributed by atoms with van der Waals surface area (Å²) in [6.45, 7) is 0.982. The zero-order valence-corrected chi connectivity index (χ0v) is 17.6. The molecule has 162 valence electrons. The van der Waals surface area contributed by atoms with Crippen LogP contribution in [-0.4, -0.2) is 66.5 Å². The molecule has 1 aromatic heterocycles. The normalized spacial score (nSPS) is 34.6. The molecule has 0 amide bonds. The van der Waals surface area contributed by atoms with Crippen molar-refractivity contribution in [1.29, 1.82) is 0 Å². The molecule has 2 aliphatic rings. The first-order valence-corrected chi connectivity index (χ1v) is 10.8. The van der Waals surface area contributed by atoms with Crippen LogP contribution in [0.4, 0.5) is 0 Å². The number of nitrogens with zero attached hydrogens (tertiary/aromatic N) is 1. The number of fused-ring (bicyclic) bond motifs is 1. The molecule has 6 radical (unpaired) electrons. The van der Waals surface area contributed by atoms with Crippen LogP contribution in [0.1, 0.15) is 12.5 Å². The van der Waals surface area contributed by atoms with E-state index < -0.39 is 47.9 Å². The van der Waals surface area contributed by atoms with Crippen molar-refractivity contribution in [3.8, 4) is 5.75 Å². The Kier molecular flexibility index (Phi) is 5.40. The Morgan fingerprint density at radius 2 is 1.94 bits per heavy atom. The standard InChI is InChI=1S/C17H16B3N2O9P/c1-15(12(24)13(25)16(18,30-15)22-7-6-11(23)21-14(22)26)17(19,20)31-32(27)28-8-9-4-2-3-5-10(9)29-32/h2-7,12-13,24-25H,8H2,1H3,(H,21,23,26)/t12-,13+,15-,16-,32?/m0/s1. The highest BCUT2D eigenvalue weighted by Crippen LogP contribution is 2.58. The Bertz CT molecular complexity index is 1220. The van der Waals surface area contributed by atoms with Crippen molar-refractivity contribution in [2.75, 3.05) is 0 Å². The van der Waals surface area contributed by atoms with Gasteiger partial charge in [0, 0.05) is 23.2 Å². The van der Waals surface area contributed by atoms with Crippen LogP contribution in [-0.2, 0) is 30.6 Å². The second-order valence-corrected chi connectivity index (χ2v) is 9.15. The van der Waals surface area contributed by atoms with Gasteiger partial charge < -0.3 is 19.5 Å². The average molecular weight is 456 g/mol. The topological polar surface area (TPSA) is 149 Å². The van der Waals surface area contributed by atoms with Crippen LogP contribution in [0.15, 0.2) is 46.1 Å². The first kappa shape index (κ1) is 23.1. The van der Waals surface area contributed by atoms with E-state index in [2.05, 4.69) is 0 Å². The summed E-state index contributed by atoms with van der Waals surface area (Å²) < 4.78 is 35.1. The van der Waals surface area contributed by atoms with Gasteiger partial charge in [-0.3, -0.25) is 23.4 Å². The summed E-state index contributed by atoms with van der Waals surface area (Å²) in [5.41, 5.74) is -5.86. The van der Waals surface area contributed by atoms with Crippen molar-refractivity contribution in [2.45, 2.75) is 42.4 Å². The van der Waals surface area contributed by atoms with Crippen molar-refractivity contribution in [3.63, 3.8) is 0 Å². The van der Waals surface area contributed by atoms with Gasteiger partial charge in [0.25, 0.3) is 5.56 Å². The fourth-order valence-electron chi connectivity index (χ4n) is 3.51. The zero-order chi connectivity index (χ0) is 23.5. The van der Waals surface area contributed by atoms with Gasteiger partial charge in [0.1, 0.15) is 52.7 Å². The van der Waals surface area contributed by atoms with Crippen LogP contribution >= 0.6 is 7.82 Å². The molecule has 3 heterocycles. The van der Waals surface area contributed by atoms with E-state index in [1.807, 2.05) is 4.98 Å². The number of H-pyrrole nitrogens is 1. The Labute approximate surface area is 185 Å². The minimum atomic E-state index is -4.42. The highest BCUT2D eigenvalue weighted by molar-refractivity contribution is 7.49. The van der Waals surface area contributed by atoms with Gasteiger partial charge in [-0.2, -0.15) is 0 Å². The second-order valence-electron chi connectivity index (χ2n) is 7.63. The lowest BCUT2D eigenvalue weighted by Crippen LogP contribution is -2.61. The fourth-order valence-corrected chi connectivity index (χ4v) is 4.92. The van der Waals surface area contributed by atoms with E-state index in [4.69, 9.17) is 41.8 Å². The SMILES string of the molecule is [B]C([B])(OP1(=O)OCc2ccccc2O1)[C@@]1(C)O[C@@]([B])(n2ccc(=O)[nH]c2=O)[C@H](O)[C@@H]1O. The quantitative estimate of drug-likeness (QED) is 0.372. The number of phosphoric ester groups is 1. The number of phosphoric acid groups is 1. The summed E-state index contributed by atoms with van der Waals surface area (Å²) in [7, 11) is 13.7. The van der Waals surface area contributed by atoms with Crippen molar-refractivity contribution in [3.05, 3.63) is 62.9 Å². The molecular formula is C17H16B3N2O9P. The van der Waals surface area contributed by atoms with Crippen LogP contribution in [0.3, 0.4) is 0 Å². The van der Waals surface area contributed by atoms with Gasteiger partial charge >= 0.3 is 13.5 Å². The number of rotatable bonds is 4. The molecule has 0 spiro atoms. The lowest BCUT2D eigenvalue weighted by atomic mass is 9.55. The van der Waals surface area contributed by atoms with Crippen LogP contribution in [0.25, 0.3) is 0 Å². The Balaban J connectivity index is 1.67. The van der Waals surface area contributed by atoms with Crippen LogP contribution < -0.4 is 15.8 Å². The third-order valence-electron chi connectivity index (χ3n) is 5.46. The minimum Gasteiger partial charge on any atom is -0.404 e. The summed E-state index contributed by atoms with van der Waals surface area (Å²) in [6, 6.07) is 7.52. The van der Waals surface area contributed by atoms with Gasteiger partial charge in [0.05, 0.1) is 6.61 Å². The van der Waals surface area contributed by atoms with E-state index >= 15 is 0 Å². The Hall–Kier alpha value is -2.08. The molecule has 2 aromatic rings. The number of nitrogens with one attached hydrogen (secondary N) is 1. The molecule has 5 atom stereocenters. The number of benzene rings is 1. The smallest absolute Gasteiger partial charge is 0.404 e. The average Bonchev–Trinajstić information content (AvgIpc) is 2.89. The monoisotopic (exact) mass is 456 g/mol. The molecule has 32 heavy (non-hydrogen) atoms. The number of hydrogen-bond acceptors (Lipinski definition) is 9. The minimum absolute atomic E-state index is 0.139. The van der Waals surface area contributed by atoms with E-state index in [0.29, 0.717) is 10.1 Å². The Morgan fingerprint density at radius 3 is 2.62 bits per heavy atom. The number of ether oxygens (including phenoxy) is 1. The summed E-state index contributed by atoms with van der Waals surface area (Å²) in [5.74, 6) is 0.212. The lowest BCUT2D eigenvalue weighted by Gasteiger charge is -2.45. The predicted molar refractivity (Wildman–Crippen MR) is 111 cm³/mol. The molecule has 2 aliphatic heterocycles. The van der Waals surface area contributed by atoms with Gasteiger partial charge in [-0.15, -0.1) is 0 Å². The molecule has 1 fully saturated rings.